The number of aliphatic hydroxyl groups is 1. The predicted octanol–water partition coefficient (Wildman–Crippen LogP) is 8.63. The van der Waals surface area contributed by atoms with Crippen LogP contribution in [0.1, 0.15) is 60.8 Å². The lowest BCUT2D eigenvalue weighted by Crippen LogP contribution is -2.31. The highest BCUT2D eigenvalue weighted by atomic mass is 16.7. The molecule has 0 radical (unpaired) electrons. The van der Waals surface area contributed by atoms with Crippen molar-refractivity contribution in [2.75, 3.05) is 0 Å². The molecule has 4 aromatic rings. The molecular weight excluding hydrogens is 544 g/mol. The first-order chi connectivity index (χ1) is 21.6. The molecule has 0 aromatic heterocycles. The molecule has 0 saturated heterocycles. The average Bonchev–Trinajstić information content (AvgIpc) is 3.05. The number of allylic oxidation sites excluding steroid dienone is 2. The highest BCUT2D eigenvalue weighted by molar-refractivity contribution is 5.75. The Bertz CT molecular complexity index is 1350. The maximum Gasteiger partial charge on any atom is 0.381 e. The molecular formula is C40H44O4. The summed E-state index contributed by atoms with van der Waals surface area (Å²) in [6, 6.07) is 42.6. The van der Waals surface area contributed by atoms with Gasteiger partial charge >= 0.3 is 5.97 Å². The highest BCUT2D eigenvalue weighted by Gasteiger charge is 2.30. The number of rotatable bonds is 16. The van der Waals surface area contributed by atoms with E-state index in [1.807, 2.05) is 0 Å². The summed E-state index contributed by atoms with van der Waals surface area (Å²) >= 11 is 0. The summed E-state index contributed by atoms with van der Waals surface area (Å²) in [6.45, 7) is 0. The second-order valence-corrected chi connectivity index (χ2v) is 12.0. The van der Waals surface area contributed by atoms with Gasteiger partial charge in [-0.1, -0.05) is 121 Å². The van der Waals surface area contributed by atoms with Gasteiger partial charge in [0.1, 0.15) is 11.5 Å². The van der Waals surface area contributed by atoms with Gasteiger partial charge in [-0.15, -0.1) is 0 Å². The van der Waals surface area contributed by atoms with Crippen LogP contribution in [-0.4, -0.2) is 17.4 Å². The van der Waals surface area contributed by atoms with E-state index in [1.54, 1.807) is 0 Å². The van der Waals surface area contributed by atoms with E-state index in [0.29, 0.717) is 36.2 Å². The zero-order valence-corrected chi connectivity index (χ0v) is 25.5. The monoisotopic (exact) mass is 588 g/mol. The van der Waals surface area contributed by atoms with Gasteiger partial charge in [0.25, 0.3) is 6.29 Å². The van der Waals surface area contributed by atoms with Crippen molar-refractivity contribution in [3.8, 4) is 0 Å². The summed E-state index contributed by atoms with van der Waals surface area (Å²) in [6.07, 6.45) is 7.47. The van der Waals surface area contributed by atoms with E-state index in [4.69, 9.17) is 9.47 Å². The number of hydrogen-bond acceptors (Lipinski definition) is 4. The van der Waals surface area contributed by atoms with Gasteiger partial charge in [-0.25, -0.2) is 4.79 Å². The van der Waals surface area contributed by atoms with Crippen molar-refractivity contribution < 1.29 is 19.4 Å². The summed E-state index contributed by atoms with van der Waals surface area (Å²) in [4.78, 5) is 12.3. The van der Waals surface area contributed by atoms with Crippen LogP contribution in [0.2, 0.25) is 0 Å². The average molecular weight is 589 g/mol. The Kier molecular flexibility index (Phi) is 11.8. The van der Waals surface area contributed by atoms with Crippen molar-refractivity contribution in [1.29, 1.82) is 0 Å². The molecule has 1 aliphatic rings. The van der Waals surface area contributed by atoms with Crippen molar-refractivity contribution in [3.63, 3.8) is 0 Å². The second-order valence-electron chi connectivity index (χ2n) is 12.0. The van der Waals surface area contributed by atoms with Crippen molar-refractivity contribution in [2.24, 2.45) is 11.8 Å². The van der Waals surface area contributed by atoms with Crippen molar-refractivity contribution in [1.82, 2.24) is 0 Å². The second kappa shape index (κ2) is 16.6. The van der Waals surface area contributed by atoms with E-state index >= 15 is 0 Å². The summed E-state index contributed by atoms with van der Waals surface area (Å²) in [7, 11) is 0. The minimum Gasteiger partial charge on any atom is -0.455 e. The summed E-state index contributed by atoms with van der Waals surface area (Å²) in [5.41, 5.74) is 5.35. The minimum atomic E-state index is -1.55. The molecule has 1 unspecified atom stereocenters. The Balaban J connectivity index is 1.22. The molecule has 0 aliphatic carbocycles. The van der Waals surface area contributed by atoms with Crippen molar-refractivity contribution in [3.05, 3.63) is 155 Å². The molecule has 4 heteroatoms. The molecule has 1 atom stereocenters. The Morgan fingerprint density at radius 2 is 0.864 bits per heavy atom. The zero-order valence-electron chi connectivity index (χ0n) is 25.5. The third-order valence-electron chi connectivity index (χ3n) is 8.49. The van der Waals surface area contributed by atoms with E-state index < -0.39 is 12.3 Å². The number of ether oxygens (including phenoxy) is 2. The summed E-state index contributed by atoms with van der Waals surface area (Å²) in [5, 5.41) is 10.2. The Morgan fingerprint density at radius 1 is 0.523 bits per heavy atom. The quantitative estimate of drug-likeness (QED) is 0.133. The fourth-order valence-corrected chi connectivity index (χ4v) is 6.31. The molecule has 0 amide bonds. The lowest BCUT2D eigenvalue weighted by Gasteiger charge is -2.25. The first-order valence-corrected chi connectivity index (χ1v) is 16.1. The lowest BCUT2D eigenvalue weighted by atomic mass is 9.87. The van der Waals surface area contributed by atoms with E-state index in [0.717, 1.165) is 51.4 Å². The van der Waals surface area contributed by atoms with Gasteiger partial charge in [0.05, 0.1) is 0 Å². The lowest BCUT2D eigenvalue weighted by molar-refractivity contribution is -0.181. The molecule has 1 N–H and O–H groups in total. The van der Waals surface area contributed by atoms with E-state index in [2.05, 4.69) is 121 Å². The number of cyclic esters (lactones) is 1. The van der Waals surface area contributed by atoms with Crippen LogP contribution in [0.4, 0.5) is 0 Å². The molecule has 0 saturated carbocycles. The molecule has 228 valence electrons. The highest BCUT2D eigenvalue weighted by Crippen LogP contribution is 2.30. The standard InChI is InChI=1S/C40H44O4/c41-39-40(42)44-38(26-14-24-36(29-33-19-9-3-10-20-33)30-34-21-11-4-12-22-34)37(43-39)25-13-23-35(27-31-15-5-1-6-16-31)28-32-17-7-2-8-18-32/h1-12,15-22,35-36,39,41H,13-14,23-30H2. The molecule has 4 aromatic carbocycles. The SMILES string of the molecule is O=C1OC(CCCC(Cc2ccccc2)Cc2ccccc2)=C(CCCC(Cc2ccccc2)Cc2ccccc2)OC1O. The zero-order chi connectivity index (χ0) is 30.4. The van der Waals surface area contributed by atoms with Crippen molar-refractivity contribution >= 4 is 5.97 Å². The molecule has 0 bridgehead atoms. The van der Waals surface area contributed by atoms with Gasteiger partial charge < -0.3 is 14.6 Å². The van der Waals surface area contributed by atoms with Gasteiger partial charge in [-0.2, -0.15) is 0 Å². The third kappa shape index (κ3) is 9.96. The molecule has 0 fully saturated rings. The van der Waals surface area contributed by atoms with Gasteiger partial charge in [0, 0.05) is 12.8 Å². The van der Waals surface area contributed by atoms with Crippen LogP contribution >= 0.6 is 0 Å². The van der Waals surface area contributed by atoms with Gasteiger partial charge in [0.15, 0.2) is 0 Å². The van der Waals surface area contributed by atoms with Crippen LogP contribution in [0.3, 0.4) is 0 Å². The topological polar surface area (TPSA) is 55.8 Å². The molecule has 4 nitrogen and oxygen atoms in total. The maximum absolute atomic E-state index is 12.3. The molecule has 1 aliphatic heterocycles. The van der Waals surface area contributed by atoms with Crippen LogP contribution in [0.15, 0.2) is 133 Å². The number of aliphatic hydroxyl groups excluding tert-OH is 1. The predicted molar refractivity (Wildman–Crippen MR) is 175 cm³/mol. The first-order valence-electron chi connectivity index (χ1n) is 16.1. The molecule has 5 rings (SSSR count). The Labute approximate surface area is 262 Å². The Hall–Kier alpha value is -4.15. The molecule has 0 spiro atoms. The van der Waals surface area contributed by atoms with Crippen LogP contribution in [0.5, 0.6) is 0 Å². The number of carbonyl (C=O) groups is 1. The molecule has 1 heterocycles. The summed E-state index contributed by atoms with van der Waals surface area (Å²) < 4.78 is 11.4. The number of carbonyl (C=O) groups excluding carboxylic acids is 1. The fourth-order valence-electron chi connectivity index (χ4n) is 6.31. The minimum absolute atomic E-state index is 0.464. The van der Waals surface area contributed by atoms with Crippen LogP contribution in [0.25, 0.3) is 0 Å². The van der Waals surface area contributed by atoms with Crippen LogP contribution in [0, 0.1) is 11.8 Å². The van der Waals surface area contributed by atoms with Gasteiger partial charge in [0.2, 0.25) is 0 Å². The normalized spacial score (nSPS) is 15.0. The first kappa shape index (κ1) is 31.3. The number of hydrogen-bond donors (Lipinski definition) is 1. The maximum atomic E-state index is 12.3. The fraction of sp³-hybridized carbons (Fsp3) is 0.325. The number of benzene rings is 4. The smallest absolute Gasteiger partial charge is 0.381 e. The Morgan fingerprint density at radius 3 is 1.23 bits per heavy atom. The van der Waals surface area contributed by atoms with Crippen molar-refractivity contribution in [2.45, 2.75) is 70.5 Å². The van der Waals surface area contributed by atoms with E-state index in [-0.39, 0.29) is 0 Å². The van der Waals surface area contributed by atoms with Gasteiger partial charge in [-0.3, -0.25) is 0 Å². The summed E-state index contributed by atoms with van der Waals surface area (Å²) in [5.74, 6) is 1.42. The third-order valence-corrected chi connectivity index (χ3v) is 8.49. The van der Waals surface area contributed by atoms with Gasteiger partial charge in [-0.05, 0) is 85.5 Å². The van der Waals surface area contributed by atoms with Crippen LogP contribution in [-0.2, 0) is 40.0 Å². The van der Waals surface area contributed by atoms with E-state index in [9.17, 15) is 9.90 Å². The van der Waals surface area contributed by atoms with E-state index in [1.165, 1.54) is 22.3 Å². The molecule has 44 heavy (non-hydrogen) atoms. The largest absolute Gasteiger partial charge is 0.455 e. The number of esters is 1. The van der Waals surface area contributed by atoms with Crippen LogP contribution < -0.4 is 0 Å².